The molecule has 4 nitrogen and oxygen atoms in total. The third-order valence-corrected chi connectivity index (χ3v) is 12.0. The Hall–Kier alpha value is -7.19. The maximum Gasteiger partial charge on any atom is 0.0996 e. The molecule has 244 valence electrons. The van der Waals surface area contributed by atoms with Crippen LogP contribution < -0.4 is 0 Å². The van der Waals surface area contributed by atoms with Crippen LogP contribution in [0.5, 0.6) is 0 Å². The van der Waals surface area contributed by atoms with E-state index >= 15 is 0 Å². The molecule has 8 aromatic rings. The molecule has 0 amide bonds. The van der Waals surface area contributed by atoms with Crippen molar-refractivity contribution in [1.82, 2.24) is 4.57 Å². The highest BCUT2D eigenvalue weighted by atomic mass is 15.0. The van der Waals surface area contributed by atoms with E-state index in [4.69, 9.17) is 0 Å². The number of aryl methyl sites for hydroxylation is 2. The Bertz CT molecular complexity index is 3010. The molecule has 0 aliphatic heterocycles. The second-order valence-electron chi connectivity index (χ2n) is 14.6. The van der Waals surface area contributed by atoms with E-state index in [1.807, 2.05) is 36.4 Å². The van der Waals surface area contributed by atoms with Gasteiger partial charge in [-0.25, -0.2) is 0 Å². The lowest BCUT2D eigenvalue weighted by Crippen LogP contribution is -2.33. The summed E-state index contributed by atoms with van der Waals surface area (Å²) in [4.78, 5) is 0. The highest BCUT2D eigenvalue weighted by Crippen LogP contribution is 2.73. The summed E-state index contributed by atoms with van der Waals surface area (Å²) in [6.07, 6.45) is 0. The van der Waals surface area contributed by atoms with E-state index in [1.54, 1.807) is 0 Å². The molecule has 0 saturated heterocycles. The quantitative estimate of drug-likeness (QED) is 0.187. The van der Waals surface area contributed by atoms with E-state index in [9.17, 15) is 15.8 Å². The predicted molar refractivity (Wildman–Crippen MR) is 208 cm³/mol. The van der Waals surface area contributed by atoms with Crippen molar-refractivity contribution in [1.29, 1.82) is 15.8 Å². The fourth-order valence-corrected chi connectivity index (χ4v) is 10.1. The van der Waals surface area contributed by atoms with Gasteiger partial charge >= 0.3 is 0 Å². The lowest BCUT2D eigenvalue weighted by molar-refractivity contribution is 0.734. The van der Waals surface area contributed by atoms with Crippen LogP contribution in [0.2, 0.25) is 0 Å². The largest absolute Gasteiger partial charge is 0.309 e. The smallest absolute Gasteiger partial charge is 0.0996 e. The van der Waals surface area contributed by atoms with Gasteiger partial charge in [0, 0.05) is 22.4 Å². The Morgan fingerprint density at radius 1 is 0.509 bits per heavy atom. The average Bonchev–Trinajstić information content (AvgIpc) is 3.75. The van der Waals surface area contributed by atoms with Crippen LogP contribution >= 0.6 is 0 Å². The van der Waals surface area contributed by atoms with Gasteiger partial charge < -0.3 is 4.57 Å². The number of nitriles is 3. The van der Waals surface area contributed by atoms with Crippen molar-refractivity contribution in [3.8, 4) is 46.1 Å². The molecule has 1 aromatic heterocycles. The Labute approximate surface area is 306 Å². The third-order valence-electron chi connectivity index (χ3n) is 12.0. The van der Waals surface area contributed by atoms with Gasteiger partial charge in [-0.3, -0.25) is 0 Å². The van der Waals surface area contributed by atoms with Gasteiger partial charge in [-0.05, 0) is 135 Å². The second kappa shape index (κ2) is 10.2. The summed E-state index contributed by atoms with van der Waals surface area (Å²) in [6, 6.07) is 52.0. The summed E-state index contributed by atoms with van der Waals surface area (Å²) in [5.41, 5.74) is 18.5. The first-order valence-electron chi connectivity index (χ1n) is 17.9. The third kappa shape index (κ3) is 3.56. The molecular weight excluding hydrogens is 645 g/mol. The molecule has 4 aliphatic carbocycles. The summed E-state index contributed by atoms with van der Waals surface area (Å²) in [5.74, 6) is -0.265. The molecule has 1 spiro atoms. The second-order valence-corrected chi connectivity index (χ2v) is 14.6. The molecular formula is C49H28N4. The van der Waals surface area contributed by atoms with Crippen LogP contribution in [0.1, 0.15) is 72.7 Å². The first-order valence-corrected chi connectivity index (χ1v) is 17.9. The van der Waals surface area contributed by atoms with E-state index in [2.05, 4.69) is 128 Å². The van der Waals surface area contributed by atoms with E-state index in [0.717, 1.165) is 99.8 Å². The summed E-state index contributed by atoms with van der Waals surface area (Å²) >= 11 is 0. The van der Waals surface area contributed by atoms with Crippen molar-refractivity contribution in [2.45, 2.75) is 25.2 Å². The van der Waals surface area contributed by atoms with Crippen LogP contribution in [-0.2, 0) is 5.41 Å². The van der Waals surface area contributed by atoms with Crippen molar-refractivity contribution < 1.29 is 0 Å². The zero-order chi connectivity index (χ0) is 35.7. The highest BCUT2D eigenvalue weighted by molar-refractivity contribution is 6.14. The molecule has 7 aromatic carbocycles. The van der Waals surface area contributed by atoms with Gasteiger partial charge in [0.2, 0.25) is 0 Å². The SMILES string of the molecule is Cc1cc(-c2ccccc2)cc2c3cc(-c4ccccc4)cc(C)c3n(-c3cc(C#N)c4c(c3)C3c5cccc(C#N)c5C45c4ccc(C#N)c3c45)c12. The van der Waals surface area contributed by atoms with Crippen molar-refractivity contribution >= 4 is 21.8 Å². The number of fused-ring (bicyclic) bond motifs is 3. The number of benzene rings is 7. The van der Waals surface area contributed by atoms with Crippen LogP contribution in [0.15, 0.2) is 127 Å². The van der Waals surface area contributed by atoms with Crippen molar-refractivity contribution in [2.24, 2.45) is 0 Å². The minimum Gasteiger partial charge on any atom is -0.309 e. The van der Waals surface area contributed by atoms with Gasteiger partial charge in [0.15, 0.2) is 0 Å². The van der Waals surface area contributed by atoms with Gasteiger partial charge in [0.25, 0.3) is 0 Å². The van der Waals surface area contributed by atoms with Crippen LogP contribution in [0, 0.1) is 47.8 Å². The number of aromatic nitrogens is 1. The van der Waals surface area contributed by atoms with Crippen molar-refractivity contribution in [3.05, 3.63) is 194 Å². The summed E-state index contributed by atoms with van der Waals surface area (Å²) in [7, 11) is 0. The Morgan fingerprint density at radius 2 is 1.09 bits per heavy atom. The van der Waals surface area contributed by atoms with Gasteiger partial charge in [-0.2, -0.15) is 15.8 Å². The van der Waals surface area contributed by atoms with Crippen LogP contribution in [-0.4, -0.2) is 4.57 Å². The molecule has 1 heterocycles. The summed E-state index contributed by atoms with van der Waals surface area (Å²) in [6.45, 7) is 4.37. The standard InChI is InChI=1S/C49H28N4/c1-27-18-33(29-10-5-3-6-11-29)21-38-39-22-34(30-12-7-4-8-13-30)19-28(2)48(39)53(47(27)38)36-20-35(26-52)45-40(23-36)43-37-15-9-14-32(25-51)44(37)49(45)41-17-16-31(24-50)42(43)46(41)49/h3-23,43H,1-2H3. The molecule has 2 bridgehead atoms. The predicted octanol–water partition coefficient (Wildman–Crippen LogP) is 10.9. The Balaban J connectivity index is 1.25. The number of rotatable bonds is 3. The maximum atomic E-state index is 11.0. The maximum absolute atomic E-state index is 11.0. The lowest BCUT2D eigenvalue weighted by Gasteiger charge is -2.41. The fraction of sp³-hybridized carbons (Fsp3) is 0.0816. The first-order chi connectivity index (χ1) is 26.0. The number of nitrogens with zero attached hydrogens (tertiary/aromatic N) is 4. The monoisotopic (exact) mass is 672 g/mol. The summed E-state index contributed by atoms with van der Waals surface area (Å²) in [5, 5.41) is 34.1. The van der Waals surface area contributed by atoms with Gasteiger partial charge in [-0.1, -0.05) is 78.9 Å². The van der Waals surface area contributed by atoms with Gasteiger partial charge in [0.05, 0.1) is 51.3 Å². The van der Waals surface area contributed by atoms with Crippen molar-refractivity contribution in [3.63, 3.8) is 0 Å². The Morgan fingerprint density at radius 3 is 1.68 bits per heavy atom. The van der Waals surface area contributed by atoms with Crippen LogP contribution in [0.4, 0.5) is 0 Å². The minimum atomic E-state index is -0.693. The molecule has 12 rings (SSSR count). The molecule has 53 heavy (non-hydrogen) atoms. The number of hydrogen-bond acceptors (Lipinski definition) is 3. The van der Waals surface area contributed by atoms with Crippen LogP contribution in [0.3, 0.4) is 0 Å². The zero-order valence-electron chi connectivity index (χ0n) is 29.0. The zero-order valence-corrected chi connectivity index (χ0v) is 29.0. The topological polar surface area (TPSA) is 76.3 Å². The molecule has 0 fully saturated rings. The lowest BCUT2D eigenvalue weighted by atomic mass is 9.60. The molecule has 0 radical (unpaired) electrons. The summed E-state index contributed by atoms with van der Waals surface area (Å²) < 4.78 is 2.36. The van der Waals surface area contributed by atoms with Gasteiger partial charge in [-0.15, -0.1) is 0 Å². The Kier molecular flexibility index (Phi) is 5.69. The average molecular weight is 673 g/mol. The van der Waals surface area contributed by atoms with Crippen molar-refractivity contribution in [2.75, 3.05) is 0 Å². The molecule has 4 heteroatoms. The van der Waals surface area contributed by atoms with Gasteiger partial charge in [0.1, 0.15) is 0 Å². The molecule has 0 N–H and O–H groups in total. The van der Waals surface area contributed by atoms with E-state index in [1.165, 1.54) is 0 Å². The molecule has 4 aliphatic rings. The molecule has 2 unspecified atom stereocenters. The minimum absolute atomic E-state index is 0.265. The molecule has 2 atom stereocenters. The van der Waals surface area contributed by atoms with E-state index < -0.39 is 5.41 Å². The number of hydrogen-bond donors (Lipinski definition) is 0. The first kappa shape index (κ1) is 29.5. The van der Waals surface area contributed by atoms with E-state index in [0.29, 0.717) is 16.7 Å². The fourth-order valence-electron chi connectivity index (χ4n) is 10.1. The highest BCUT2D eigenvalue weighted by Gasteiger charge is 2.66. The van der Waals surface area contributed by atoms with E-state index in [-0.39, 0.29) is 5.92 Å². The normalized spacial score (nSPS) is 16.7. The molecule has 0 saturated carbocycles. The van der Waals surface area contributed by atoms with Crippen LogP contribution in [0.25, 0.3) is 49.7 Å².